The molecule has 0 aliphatic heterocycles. The van der Waals surface area contributed by atoms with Crippen molar-refractivity contribution in [2.75, 3.05) is 0 Å². The molecule has 0 saturated heterocycles. The molecule has 0 radical (unpaired) electrons. The Morgan fingerprint density at radius 3 is 2.29 bits per heavy atom. The molecule has 1 fully saturated rings. The van der Waals surface area contributed by atoms with Gasteiger partial charge in [0, 0.05) is 6.92 Å². The molecule has 1 aromatic carbocycles. The van der Waals surface area contributed by atoms with Gasteiger partial charge in [-0.05, 0) is 47.9 Å². The monoisotopic (exact) mass is 234 g/mol. The molecule has 2 aliphatic rings. The summed E-state index contributed by atoms with van der Waals surface area (Å²) in [7, 11) is 0. The molecule has 92 valence electrons. The fourth-order valence-electron chi connectivity index (χ4n) is 3.00. The number of phenols is 1. The quantitative estimate of drug-likeness (QED) is 0.724. The van der Waals surface area contributed by atoms with Crippen molar-refractivity contribution < 1.29 is 15.0 Å². The summed E-state index contributed by atoms with van der Waals surface area (Å²) in [5.41, 5.74) is 2.92. The molecule has 0 aromatic heterocycles. The molecule has 0 bridgehead atoms. The summed E-state index contributed by atoms with van der Waals surface area (Å²) in [4.78, 5) is 9.00. The van der Waals surface area contributed by atoms with Crippen LogP contribution in [-0.4, -0.2) is 16.2 Å². The standard InChI is InChI=1S/C12H14O.C2H4O2/c13-8-5-6-11-9-3-1-2-4-10(9)12(11)7-8;1-2(3)4/h5-7,9-10,13H,1-4H2;1H3,(H,3,4). The van der Waals surface area contributed by atoms with E-state index in [2.05, 4.69) is 6.07 Å². The minimum absolute atomic E-state index is 0.433. The number of rotatable bonds is 0. The van der Waals surface area contributed by atoms with Crippen molar-refractivity contribution in [3.63, 3.8) is 0 Å². The average Bonchev–Trinajstić information content (AvgIpc) is 2.26. The summed E-state index contributed by atoms with van der Waals surface area (Å²) in [5.74, 6) is 1.20. The topological polar surface area (TPSA) is 57.5 Å². The first-order valence-electron chi connectivity index (χ1n) is 6.12. The molecule has 17 heavy (non-hydrogen) atoms. The van der Waals surface area contributed by atoms with E-state index in [0.717, 1.165) is 18.8 Å². The summed E-state index contributed by atoms with van der Waals surface area (Å²) < 4.78 is 0. The van der Waals surface area contributed by atoms with Gasteiger partial charge in [0.05, 0.1) is 0 Å². The van der Waals surface area contributed by atoms with Gasteiger partial charge in [0.2, 0.25) is 0 Å². The van der Waals surface area contributed by atoms with Crippen LogP contribution in [0.1, 0.15) is 55.6 Å². The van der Waals surface area contributed by atoms with Gasteiger partial charge in [0.1, 0.15) is 5.75 Å². The summed E-state index contributed by atoms with van der Waals surface area (Å²) >= 11 is 0. The van der Waals surface area contributed by atoms with Gasteiger partial charge in [0.25, 0.3) is 5.97 Å². The second kappa shape index (κ2) is 4.78. The highest BCUT2D eigenvalue weighted by Gasteiger charge is 2.38. The van der Waals surface area contributed by atoms with E-state index in [1.54, 1.807) is 0 Å². The Morgan fingerprint density at radius 1 is 1.18 bits per heavy atom. The van der Waals surface area contributed by atoms with E-state index in [4.69, 9.17) is 9.90 Å². The van der Waals surface area contributed by atoms with Crippen molar-refractivity contribution in [1.29, 1.82) is 0 Å². The van der Waals surface area contributed by atoms with Crippen molar-refractivity contribution in [1.82, 2.24) is 0 Å². The molecule has 2 atom stereocenters. The van der Waals surface area contributed by atoms with Crippen LogP contribution in [0.5, 0.6) is 5.75 Å². The van der Waals surface area contributed by atoms with Gasteiger partial charge in [-0.25, -0.2) is 0 Å². The van der Waals surface area contributed by atoms with E-state index in [-0.39, 0.29) is 0 Å². The number of phenolic OH excluding ortho intramolecular Hbond substituents is 1. The van der Waals surface area contributed by atoms with Crippen LogP contribution in [0, 0.1) is 0 Å². The molecule has 0 spiro atoms. The lowest BCUT2D eigenvalue weighted by molar-refractivity contribution is -0.134. The second-order valence-corrected chi connectivity index (χ2v) is 4.83. The van der Waals surface area contributed by atoms with Crippen molar-refractivity contribution in [3.05, 3.63) is 29.3 Å². The molecule has 0 heterocycles. The fraction of sp³-hybridized carbons (Fsp3) is 0.500. The molecule has 3 rings (SSSR count). The Balaban J connectivity index is 0.000000239. The first-order chi connectivity index (χ1) is 8.09. The molecular weight excluding hydrogens is 216 g/mol. The summed E-state index contributed by atoms with van der Waals surface area (Å²) in [6.07, 6.45) is 5.46. The van der Waals surface area contributed by atoms with Gasteiger partial charge in [-0.3, -0.25) is 4.79 Å². The number of aliphatic carboxylic acids is 1. The zero-order valence-electron chi connectivity index (χ0n) is 10.0. The summed E-state index contributed by atoms with van der Waals surface area (Å²) in [6, 6.07) is 5.89. The van der Waals surface area contributed by atoms with Gasteiger partial charge < -0.3 is 10.2 Å². The van der Waals surface area contributed by atoms with Crippen LogP contribution in [0.15, 0.2) is 18.2 Å². The van der Waals surface area contributed by atoms with E-state index in [0.29, 0.717) is 5.75 Å². The number of benzene rings is 1. The maximum Gasteiger partial charge on any atom is 0.300 e. The fourth-order valence-corrected chi connectivity index (χ4v) is 3.00. The number of hydrogen-bond acceptors (Lipinski definition) is 2. The molecule has 2 N–H and O–H groups in total. The van der Waals surface area contributed by atoms with Crippen molar-refractivity contribution in [2.24, 2.45) is 0 Å². The predicted molar refractivity (Wildman–Crippen MR) is 65.4 cm³/mol. The first kappa shape index (κ1) is 12.0. The van der Waals surface area contributed by atoms with E-state index in [9.17, 15) is 5.11 Å². The Kier molecular flexibility index (Phi) is 3.36. The zero-order valence-corrected chi connectivity index (χ0v) is 10.0. The van der Waals surface area contributed by atoms with Gasteiger partial charge >= 0.3 is 0 Å². The Hall–Kier alpha value is -1.51. The average molecular weight is 234 g/mol. The summed E-state index contributed by atoms with van der Waals surface area (Å²) in [5, 5.41) is 16.8. The third-order valence-corrected chi connectivity index (χ3v) is 3.64. The van der Waals surface area contributed by atoms with Crippen LogP contribution in [0.3, 0.4) is 0 Å². The number of aromatic hydroxyl groups is 1. The maximum absolute atomic E-state index is 9.36. The predicted octanol–water partition coefficient (Wildman–Crippen LogP) is 3.24. The number of hydrogen-bond donors (Lipinski definition) is 2. The van der Waals surface area contributed by atoms with E-state index < -0.39 is 5.97 Å². The van der Waals surface area contributed by atoms with E-state index in [1.165, 1.54) is 36.8 Å². The minimum atomic E-state index is -0.833. The zero-order chi connectivity index (χ0) is 12.4. The smallest absolute Gasteiger partial charge is 0.300 e. The van der Waals surface area contributed by atoms with Crippen molar-refractivity contribution in [2.45, 2.75) is 44.4 Å². The van der Waals surface area contributed by atoms with Crippen molar-refractivity contribution >= 4 is 5.97 Å². The molecule has 1 aromatic rings. The van der Waals surface area contributed by atoms with Gasteiger partial charge in [0.15, 0.2) is 0 Å². The molecule has 2 aliphatic carbocycles. The third kappa shape index (κ3) is 2.43. The normalized spacial score (nSPS) is 24.5. The highest BCUT2D eigenvalue weighted by molar-refractivity contribution is 5.62. The molecule has 2 unspecified atom stereocenters. The van der Waals surface area contributed by atoms with Crippen molar-refractivity contribution in [3.8, 4) is 5.75 Å². The maximum atomic E-state index is 9.36. The molecule has 0 amide bonds. The lowest BCUT2D eigenvalue weighted by Crippen LogP contribution is -2.27. The Morgan fingerprint density at radius 2 is 1.71 bits per heavy atom. The number of fused-ring (bicyclic) bond motifs is 4. The van der Waals surface area contributed by atoms with Gasteiger partial charge in [-0.15, -0.1) is 0 Å². The Labute approximate surface area is 101 Å². The SMILES string of the molecule is CC(=O)O.Oc1ccc2c(c1)C1CCCCC21. The third-order valence-electron chi connectivity index (χ3n) is 3.64. The van der Waals surface area contributed by atoms with Crippen LogP contribution in [0.4, 0.5) is 0 Å². The first-order valence-corrected chi connectivity index (χ1v) is 6.12. The molecule has 1 saturated carbocycles. The summed E-state index contributed by atoms with van der Waals surface area (Å²) in [6.45, 7) is 1.08. The van der Waals surface area contributed by atoms with E-state index >= 15 is 0 Å². The molecule has 3 heteroatoms. The number of carboxylic acids is 1. The van der Waals surface area contributed by atoms with Gasteiger partial charge in [-0.2, -0.15) is 0 Å². The lowest BCUT2D eigenvalue weighted by atomic mass is 9.61. The largest absolute Gasteiger partial charge is 0.508 e. The van der Waals surface area contributed by atoms with Gasteiger partial charge in [-0.1, -0.05) is 18.9 Å². The highest BCUT2D eigenvalue weighted by Crippen LogP contribution is 2.55. The van der Waals surface area contributed by atoms with Crippen LogP contribution in [-0.2, 0) is 4.79 Å². The lowest BCUT2D eigenvalue weighted by Gasteiger charge is -2.43. The minimum Gasteiger partial charge on any atom is -0.508 e. The molecular formula is C14H18O3. The van der Waals surface area contributed by atoms with Crippen LogP contribution >= 0.6 is 0 Å². The van der Waals surface area contributed by atoms with Crippen LogP contribution in [0.2, 0.25) is 0 Å². The molecule has 3 nitrogen and oxygen atoms in total. The number of carboxylic acid groups (broad SMARTS) is 1. The number of carbonyl (C=O) groups is 1. The Bertz CT molecular complexity index is 421. The highest BCUT2D eigenvalue weighted by atomic mass is 16.4. The van der Waals surface area contributed by atoms with Crippen LogP contribution < -0.4 is 0 Å². The van der Waals surface area contributed by atoms with Crippen LogP contribution in [0.25, 0.3) is 0 Å². The van der Waals surface area contributed by atoms with E-state index in [1.807, 2.05) is 12.1 Å². The second-order valence-electron chi connectivity index (χ2n) is 4.83.